The lowest BCUT2D eigenvalue weighted by Gasteiger charge is -2.24. The Morgan fingerprint density at radius 1 is 1.21 bits per heavy atom. The van der Waals surface area contributed by atoms with E-state index in [2.05, 4.69) is 41.2 Å². The van der Waals surface area contributed by atoms with Gasteiger partial charge in [0.05, 0.1) is 17.9 Å². The van der Waals surface area contributed by atoms with Crippen molar-refractivity contribution in [3.8, 4) is 0 Å². The molecule has 1 saturated carbocycles. The molecule has 2 aliphatic rings. The van der Waals surface area contributed by atoms with Crippen LogP contribution in [-0.4, -0.2) is 68.5 Å². The molecule has 5 aromatic heterocycles. The van der Waals surface area contributed by atoms with Crippen molar-refractivity contribution in [1.29, 1.82) is 0 Å². The van der Waals surface area contributed by atoms with Crippen molar-refractivity contribution >= 4 is 34.7 Å². The van der Waals surface area contributed by atoms with Crippen molar-refractivity contribution in [2.45, 2.75) is 44.2 Å². The molecule has 3 N–H and O–H groups in total. The number of carbonyl (C=O) groups is 1. The molecular weight excluding hydrogens is 505 g/mol. The van der Waals surface area contributed by atoms with Gasteiger partial charge in [0.1, 0.15) is 11.6 Å². The summed E-state index contributed by atoms with van der Waals surface area (Å²) in [4.78, 5) is 25.3. The average Bonchev–Trinajstić information content (AvgIpc) is 3.33. The van der Waals surface area contributed by atoms with E-state index in [1.807, 2.05) is 29.3 Å². The summed E-state index contributed by atoms with van der Waals surface area (Å²) < 4.78 is 15.0. The average molecular weight is 530 g/mol. The molecule has 198 valence electrons. The molecule has 7 rings (SSSR count). The molecule has 1 aliphatic heterocycles. The molecule has 39 heavy (non-hydrogen) atoms. The minimum atomic E-state index is -0.668. The number of aryl methyl sites for hydroxylation is 1. The molecule has 1 unspecified atom stereocenters. The summed E-state index contributed by atoms with van der Waals surface area (Å²) in [5.41, 5.74) is 2.24. The molecule has 1 saturated heterocycles. The highest BCUT2D eigenvalue weighted by Gasteiger charge is 2.41. The van der Waals surface area contributed by atoms with Crippen LogP contribution in [0.4, 0.5) is 27.7 Å². The van der Waals surface area contributed by atoms with E-state index in [-0.39, 0.29) is 11.9 Å². The number of halogens is 1. The molecule has 14 nitrogen and oxygen atoms in total. The van der Waals surface area contributed by atoms with Gasteiger partial charge < -0.3 is 15.5 Å². The van der Waals surface area contributed by atoms with Gasteiger partial charge in [0.25, 0.3) is 0 Å². The zero-order valence-electron chi connectivity index (χ0n) is 20.9. The number of hydrogen-bond donors (Lipinski definition) is 3. The number of amides is 1. The number of tetrazole rings is 1. The second-order valence-corrected chi connectivity index (χ2v) is 9.78. The maximum absolute atomic E-state index is 13.5. The topological polar surface area (TPSA) is 160 Å². The number of carbonyl (C=O) groups excluding carboxylic acids is 1. The van der Waals surface area contributed by atoms with Crippen molar-refractivity contribution in [3.05, 3.63) is 60.2 Å². The quantitative estimate of drug-likeness (QED) is 0.267. The number of nitrogens with one attached hydrogen (secondary N) is 3. The Morgan fingerprint density at radius 2 is 2.10 bits per heavy atom. The Hall–Kier alpha value is -4.95. The van der Waals surface area contributed by atoms with Crippen LogP contribution in [0.5, 0.6) is 0 Å². The van der Waals surface area contributed by atoms with Crippen molar-refractivity contribution < 1.29 is 9.18 Å². The van der Waals surface area contributed by atoms with Gasteiger partial charge in [-0.2, -0.15) is 19.3 Å². The van der Waals surface area contributed by atoms with Crippen LogP contribution < -0.4 is 15.5 Å². The summed E-state index contributed by atoms with van der Waals surface area (Å²) in [7, 11) is 0. The monoisotopic (exact) mass is 529 g/mol. The van der Waals surface area contributed by atoms with Gasteiger partial charge in [-0.25, -0.2) is 9.50 Å². The molecule has 1 amide bonds. The molecule has 1 aliphatic carbocycles. The Kier molecular flexibility index (Phi) is 5.42. The van der Waals surface area contributed by atoms with Crippen molar-refractivity contribution in [1.82, 2.24) is 50.0 Å². The first kappa shape index (κ1) is 23.2. The first-order valence-electron chi connectivity index (χ1n) is 12.6. The summed E-state index contributed by atoms with van der Waals surface area (Å²) in [5, 5.41) is 30.8. The predicted molar refractivity (Wildman–Crippen MR) is 137 cm³/mol. The molecule has 6 heterocycles. The molecule has 2 fully saturated rings. The summed E-state index contributed by atoms with van der Waals surface area (Å²) in [6, 6.07) is 7.51. The molecule has 0 aromatic carbocycles. The smallest absolute Gasteiger partial charge is 0.247 e. The van der Waals surface area contributed by atoms with Gasteiger partial charge in [0.15, 0.2) is 17.5 Å². The summed E-state index contributed by atoms with van der Waals surface area (Å²) >= 11 is 0. The Morgan fingerprint density at radius 3 is 2.87 bits per heavy atom. The summed E-state index contributed by atoms with van der Waals surface area (Å²) in [6.07, 6.45) is 5.81. The fourth-order valence-electron chi connectivity index (χ4n) is 4.84. The highest BCUT2D eigenvalue weighted by atomic mass is 19.1. The molecule has 2 atom stereocenters. The SMILES string of the molecule is Cc1nnn(C2C[C@@H](C(=O)Nc3ccc(F)nc3)N(c3nc(Nc4cc(C5CC5)[nH]n4)c4cccn4n3)C2)n1. The van der Waals surface area contributed by atoms with Crippen LogP contribution in [0.1, 0.15) is 42.7 Å². The number of nitrogens with zero attached hydrogens (tertiary/aromatic N) is 10. The van der Waals surface area contributed by atoms with Gasteiger partial charge >= 0.3 is 0 Å². The third-order valence-electron chi connectivity index (χ3n) is 6.93. The van der Waals surface area contributed by atoms with Gasteiger partial charge in [-0.15, -0.1) is 15.3 Å². The van der Waals surface area contributed by atoms with Crippen LogP contribution >= 0.6 is 0 Å². The van der Waals surface area contributed by atoms with Gasteiger partial charge in [0.2, 0.25) is 17.8 Å². The van der Waals surface area contributed by atoms with Crippen molar-refractivity contribution in [2.75, 3.05) is 22.1 Å². The minimum Gasteiger partial charge on any atom is -0.325 e. The summed E-state index contributed by atoms with van der Waals surface area (Å²) in [5.74, 6) is 1.69. The number of aromatic amines is 1. The number of H-pyrrole nitrogens is 1. The fraction of sp³-hybridized carbons (Fsp3) is 0.333. The van der Waals surface area contributed by atoms with E-state index in [1.54, 1.807) is 11.4 Å². The third-order valence-corrected chi connectivity index (χ3v) is 6.93. The first-order chi connectivity index (χ1) is 19.0. The van der Waals surface area contributed by atoms with Gasteiger partial charge in [-0.05, 0) is 49.2 Å². The van der Waals surface area contributed by atoms with Crippen LogP contribution in [0.3, 0.4) is 0 Å². The number of pyridine rings is 1. The van der Waals surface area contributed by atoms with E-state index in [9.17, 15) is 9.18 Å². The lowest BCUT2D eigenvalue weighted by Crippen LogP contribution is -2.41. The first-order valence-corrected chi connectivity index (χ1v) is 12.6. The highest BCUT2D eigenvalue weighted by Crippen LogP contribution is 2.40. The van der Waals surface area contributed by atoms with E-state index >= 15 is 0 Å². The summed E-state index contributed by atoms with van der Waals surface area (Å²) in [6.45, 7) is 2.13. The number of fused-ring (bicyclic) bond motifs is 1. The molecule has 0 spiro atoms. The van der Waals surface area contributed by atoms with Crippen LogP contribution in [0.2, 0.25) is 0 Å². The van der Waals surface area contributed by atoms with Crippen LogP contribution in [-0.2, 0) is 4.79 Å². The zero-order chi connectivity index (χ0) is 26.5. The van der Waals surface area contributed by atoms with Gasteiger partial charge in [0, 0.05) is 36.8 Å². The highest BCUT2D eigenvalue weighted by molar-refractivity contribution is 5.97. The number of aromatic nitrogens is 10. The standard InChI is InChI=1S/C24H24FN13O/c1-13-30-35-38(33-13)16-9-19(23(39)27-15-6-7-20(25)26-11-15)36(12-16)24-29-22(18-3-2-8-37(18)34-24)28-21-10-17(31-32-21)14-4-5-14/h2-3,6-8,10-11,14,16,19H,4-5,9,12H2,1H3,(H,27,39)(H2,28,29,31,32,34)/t16?,19-/m0/s1. The van der Waals surface area contributed by atoms with E-state index in [0.29, 0.717) is 48.0 Å². The lowest BCUT2D eigenvalue weighted by atomic mass is 10.1. The van der Waals surface area contributed by atoms with Crippen LogP contribution in [0.25, 0.3) is 5.52 Å². The zero-order valence-corrected chi connectivity index (χ0v) is 20.9. The lowest BCUT2D eigenvalue weighted by molar-refractivity contribution is -0.117. The van der Waals surface area contributed by atoms with E-state index < -0.39 is 12.0 Å². The largest absolute Gasteiger partial charge is 0.325 e. The second kappa shape index (κ2) is 9.11. The second-order valence-electron chi connectivity index (χ2n) is 9.78. The van der Waals surface area contributed by atoms with Crippen molar-refractivity contribution in [2.24, 2.45) is 0 Å². The van der Waals surface area contributed by atoms with Gasteiger partial charge in [-0.3, -0.25) is 9.89 Å². The number of anilines is 4. The van der Waals surface area contributed by atoms with Crippen LogP contribution in [0, 0.1) is 12.9 Å². The van der Waals surface area contributed by atoms with Crippen LogP contribution in [0.15, 0.2) is 42.7 Å². The molecule has 15 heteroatoms. The van der Waals surface area contributed by atoms with E-state index in [4.69, 9.17) is 10.1 Å². The molecule has 0 radical (unpaired) electrons. The molecular formula is C24H24FN13O. The minimum absolute atomic E-state index is 0.249. The Labute approximate surface area is 220 Å². The molecule has 0 bridgehead atoms. The number of rotatable bonds is 7. The molecule has 5 aromatic rings. The van der Waals surface area contributed by atoms with E-state index in [0.717, 1.165) is 24.1 Å². The third kappa shape index (κ3) is 4.51. The number of hydrogen-bond acceptors (Lipinski definition) is 10. The maximum Gasteiger partial charge on any atom is 0.247 e. The normalized spacial score (nSPS) is 19.1. The Balaban J connectivity index is 1.23. The maximum atomic E-state index is 13.5. The van der Waals surface area contributed by atoms with Gasteiger partial charge in [-0.1, -0.05) is 0 Å². The Bertz CT molecular complexity index is 1650. The predicted octanol–water partition coefficient (Wildman–Crippen LogP) is 2.36. The van der Waals surface area contributed by atoms with Crippen molar-refractivity contribution in [3.63, 3.8) is 0 Å². The van der Waals surface area contributed by atoms with E-state index in [1.165, 1.54) is 23.1 Å². The fourth-order valence-corrected chi connectivity index (χ4v) is 4.84.